The van der Waals surface area contributed by atoms with E-state index < -0.39 is 0 Å². The first-order valence-corrected chi connectivity index (χ1v) is 9.52. The molecule has 0 aliphatic carbocycles. The van der Waals surface area contributed by atoms with Crippen molar-refractivity contribution in [2.75, 3.05) is 26.2 Å². The number of likely N-dealkylation sites (tertiary alicyclic amines) is 1. The quantitative estimate of drug-likeness (QED) is 0.758. The number of nitrogens with zero attached hydrogens (tertiary/aromatic N) is 1. The molecule has 0 spiro atoms. The highest BCUT2D eigenvalue weighted by Gasteiger charge is 2.24. The Balaban J connectivity index is 1.33. The van der Waals surface area contributed by atoms with Crippen LogP contribution in [0.3, 0.4) is 0 Å². The molecule has 0 unspecified atom stereocenters. The lowest BCUT2D eigenvalue weighted by Crippen LogP contribution is -2.46. The smallest absolute Gasteiger partial charge is 0.220 e. The summed E-state index contributed by atoms with van der Waals surface area (Å²) < 4.78 is 18.6. The highest BCUT2D eigenvalue weighted by molar-refractivity contribution is 5.97. The standard InChI is InChI=1S/C20H27FN2O3/c21-16-5-3-15(4-6-16)19(24)7-8-20(25)22-17-9-11-23(12-10-17)14-18-2-1-13-26-18/h3-6,17-18H,1-2,7-14H2,(H,22,25)/t18-/m0/s1. The van der Waals surface area contributed by atoms with Crippen LogP contribution in [0.15, 0.2) is 24.3 Å². The van der Waals surface area contributed by atoms with Gasteiger partial charge in [-0.2, -0.15) is 0 Å². The van der Waals surface area contributed by atoms with Gasteiger partial charge in [-0.1, -0.05) is 0 Å². The molecule has 2 aliphatic rings. The average Bonchev–Trinajstić information content (AvgIpc) is 3.15. The largest absolute Gasteiger partial charge is 0.377 e. The van der Waals surface area contributed by atoms with E-state index in [1.54, 1.807) is 0 Å². The van der Waals surface area contributed by atoms with Crippen LogP contribution in [0.1, 0.15) is 48.9 Å². The van der Waals surface area contributed by atoms with Gasteiger partial charge in [0.25, 0.3) is 0 Å². The van der Waals surface area contributed by atoms with Gasteiger partial charge in [-0.15, -0.1) is 0 Å². The van der Waals surface area contributed by atoms with E-state index in [2.05, 4.69) is 10.2 Å². The van der Waals surface area contributed by atoms with Crippen molar-refractivity contribution in [3.63, 3.8) is 0 Å². The molecule has 1 atom stereocenters. The van der Waals surface area contributed by atoms with Crippen LogP contribution >= 0.6 is 0 Å². The molecule has 142 valence electrons. The summed E-state index contributed by atoms with van der Waals surface area (Å²) in [6, 6.07) is 5.62. The first-order valence-electron chi connectivity index (χ1n) is 9.52. The minimum atomic E-state index is -0.370. The molecule has 0 aromatic heterocycles. The van der Waals surface area contributed by atoms with Crippen molar-refractivity contribution < 1.29 is 18.7 Å². The summed E-state index contributed by atoms with van der Waals surface area (Å²) in [5.41, 5.74) is 0.446. The number of rotatable bonds is 7. The molecule has 1 aromatic carbocycles. The number of carbonyl (C=O) groups is 2. The van der Waals surface area contributed by atoms with Crippen LogP contribution in [0.5, 0.6) is 0 Å². The van der Waals surface area contributed by atoms with Gasteiger partial charge in [0, 0.05) is 50.7 Å². The molecule has 0 bridgehead atoms. The number of hydrogen-bond donors (Lipinski definition) is 1. The minimum absolute atomic E-state index is 0.0852. The lowest BCUT2D eigenvalue weighted by atomic mass is 10.0. The van der Waals surface area contributed by atoms with E-state index in [-0.39, 0.29) is 36.4 Å². The van der Waals surface area contributed by atoms with Crippen molar-refractivity contribution in [3.05, 3.63) is 35.6 Å². The average molecular weight is 362 g/mol. The Morgan fingerprint density at radius 2 is 1.85 bits per heavy atom. The molecule has 2 saturated heterocycles. The summed E-state index contributed by atoms with van der Waals surface area (Å²) in [7, 11) is 0. The van der Waals surface area contributed by atoms with Crippen LogP contribution in [0.25, 0.3) is 0 Å². The molecule has 0 saturated carbocycles. The van der Waals surface area contributed by atoms with E-state index >= 15 is 0 Å². The van der Waals surface area contributed by atoms with Crippen LogP contribution in [0.2, 0.25) is 0 Å². The van der Waals surface area contributed by atoms with E-state index in [4.69, 9.17) is 4.74 Å². The number of amides is 1. The maximum absolute atomic E-state index is 12.9. The number of halogens is 1. The Hall–Kier alpha value is -1.79. The van der Waals surface area contributed by atoms with Crippen molar-refractivity contribution in [1.82, 2.24) is 10.2 Å². The molecule has 6 heteroatoms. The second-order valence-corrected chi connectivity index (χ2v) is 7.21. The van der Waals surface area contributed by atoms with Crippen LogP contribution in [-0.4, -0.2) is 55.0 Å². The molecule has 1 aromatic rings. The fourth-order valence-electron chi connectivity index (χ4n) is 3.64. The maximum atomic E-state index is 12.9. The number of hydrogen-bond acceptors (Lipinski definition) is 4. The zero-order valence-corrected chi connectivity index (χ0v) is 15.1. The highest BCUT2D eigenvalue weighted by Crippen LogP contribution is 2.17. The zero-order valence-electron chi connectivity index (χ0n) is 15.1. The molecule has 26 heavy (non-hydrogen) atoms. The maximum Gasteiger partial charge on any atom is 0.220 e. The summed E-state index contributed by atoms with van der Waals surface area (Å²) in [5.74, 6) is -0.588. The molecular weight excluding hydrogens is 335 g/mol. The van der Waals surface area contributed by atoms with Gasteiger partial charge in [0.2, 0.25) is 5.91 Å². The van der Waals surface area contributed by atoms with Crippen LogP contribution in [0, 0.1) is 5.82 Å². The zero-order chi connectivity index (χ0) is 18.4. The van der Waals surface area contributed by atoms with E-state index in [1.165, 1.54) is 24.3 Å². The van der Waals surface area contributed by atoms with Crippen LogP contribution in [0.4, 0.5) is 4.39 Å². The van der Waals surface area contributed by atoms with E-state index in [9.17, 15) is 14.0 Å². The number of benzene rings is 1. The van der Waals surface area contributed by atoms with Gasteiger partial charge in [0.1, 0.15) is 5.82 Å². The predicted molar refractivity (Wildman–Crippen MR) is 96.5 cm³/mol. The first-order chi connectivity index (χ1) is 12.6. The highest BCUT2D eigenvalue weighted by atomic mass is 19.1. The van der Waals surface area contributed by atoms with Gasteiger partial charge in [0.15, 0.2) is 5.78 Å². The molecule has 0 radical (unpaired) electrons. The van der Waals surface area contributed by atoms with E-state index in [0.29, 0.717) is 11.7 Å². The molecule has 1 amide bonds. The van der Waals surface area contributed by atoms with Crippen molar-refractivity contribution in [3.8, 4) is 0 Å². The lowest BCUT2D eigenvalue weighted by molar-refractivity contribution is -0.122. The van der Waals surface area contributed by atoms with Crippen LogP contribution < -0.4 is 5.32 Å². The van der Waals surface area contributed by atoms with E-state index in [1.807, 2.05) is 0 Å². The third kappa shape index (κ3) is 5.61. The predicted octanol–water partition coefficient (Wildman–Crippen LogP) is 2.55. The van der Waals surface area contributed by atoms with E-state index in [0.717, 1.165) is 51.9 Å². The Labute approximate surface area is 153 Å². The number of ether oxygens (including phenoxy) is 1. The molecule has 2 aliphatic heterocycles. The Morgan fingerprint density at radius 1 is 1.12 bits per heavy atom. The number of carbonyl (C=O) groups excluding carboxylic acids is 2. The number of nitrogens with one attached hydrogen (secondary N) is 1. The second-order valence-electron chi connectivity index (χ2n) is 7.21. The topological polar surface area (TPSA) is 58.6 Å². The summed E-state index contributed by atoms with van der Waals surface area (Å²) in [4.78, 5) is 26.6. The summed E-state index contributed by atoms with van der Waals surface area (Å²) >= 11 is 0. The Morgan fingerprint density at radius 3 is 2.50 bits per heavy atom. The molecule has 3 rings (SSSR count). The van der Waals surface area contributed by atoms with Crippen LogP contribution in [-0.2, 0) is 9.53 Å². The van der Waals surface area contributed by atoms with Crippen molar-refractivity contribution in [2.24, 2.45) is 0 Å². The van der Waals surface area contributed by atoms with Gasteiger partial charge in [-0.05, 0) is 49.9 Å². The van der Waals surface area contributed by atoms with Crippen molar-refractivity contribution >= 4 is 11.7 Å². The summed E-state index contributed by atoms with van der Waals surface area (Å²) in [6.45, 7) is 3.82. The molecule has 1 N–H and O–H groups in total. The summed E-state index contributed by atoms with van der Waals surface area (Å²) in [6.07, 6.45) is 4.88. The summed E-state index contributed by atoms with van der Waals surface area (Å²) in [5, 5.41) is 3.04. The molecule has 2 fully saturated rings. The SMILES string of the molecule is O=C(CCC(=O)c1ccc(F)cc1)NC1CCN(C[C@@H]2CCCO2)CC1. The van der Waals surface area contributed by atoms with Gasteiger partial charge in [-0.3, -0.25) is 9.59 Å². The number of ketones is 1. The Kier molecular flexibility index (Phi) is 6.74. The third-order valence-corrected chi connectivity index (χ3v) is 5.18. The fourth-order valence-corrected chi connectivity index (χ4v) is 3.64. The van der Waals surface area contributed by atoms with Crippen molar-refractivity contribution in [1.29, 1.82) is 0 Å². The van der Waals surface area contributed by atoms with Gasteiger partial charge in [-0.25, -0.2) is 4.39 Å². The minimum Gasteiger partial charge on any atom is -0.377 e. The second kappa shape index (κ2) is 9.24. The molecule has 2 heterocycles. The third-order valence-electron chi connectivity index (χ3n) is 5.18. The molecular formula is C20H27FN2O3. The Bertz CT molecular complexity index is 606. The lowest BCUT2D eigenvalue weighted by Gasteiger charge is -2.33. The molecule has 5 nitrogen and oxygen atoms in total. The number of piperidine rings is 1. The monoisotopic (exact) mass is 362 g/mol. The van der Waals surface area contributed by atoms with Gasteiger partial charge < -0.3 is 15.0 Å². The first kappa shape index (κ1) is 19.0. The van der Waals surface area contributed by atoms with Gasteiger partial charge >= 0.3 is 0 Å². The normalized spacial score (nSPS) is 21.7. The number of Topliss-reactive ketones (excluding diaryl/α,β-unsaturated/α-hetero) is 1. The van der Waals surface area contributed by atoms with Crippen molar-refractivity contribution in [2.45, 2.75) is 50.7 Å². The van der Waals surface area contributed by atoms with Gasteiger partial charge in [0.05, 0.1) is 6.10 Å². The fraction of sp³-hybridized carbons (Fsp3) is 0.600.